The number of hydrogen-bond donors (Lipinski definition) is 37. The van der Waals surface area contributed by atoms with Gasteiger partial charge in [0.05, 0.1) is 78.8 Å². The molecule has 12 saturated heterocycles. The molecule has 12 aliphatic rings. The van der Waals surface area contributed by atoms with Crippen molar-refractivity contribution < 1.29 is 296 Å². The second-order valence-corrected chi connectivity index (χ2v) is 37.4. The fraction of sp³-hybridized carbons (Fsp3) is 0.939. The van der Waals surface area contributed by atoms with E-state index in [0.29, 0.717) is 0 Å². The van der Waals surface area contributed by atoms with Gasteiger partial charge in [0, 0.05) is 34.6 Å². The van der Waals surface area contributed by atoms with Crippen LogP contribution < -0.4 is 26.6 Å². The number of hydrogen-bond acceptors (Lipinski definition) is 60. The first-order valence-electron chi connectivity index (χ1n) is 47.0. The summed E-state index contributed by atoms with van der Waals surface area (Å²) < 4.78 is 141. The van der Waals surface area contributed by atoms with Crippen LogP contribution in [0.3, 0.4) is 0 Å². The maximum atomic E-state index is 13.8. The van der Waals surface area contributed by atoms with Gasteiger partial charge in [0.2, 0.25) is 29.5 Å². The molecule has 12 rings (SSSR count). The van der Waals surface area contributed by atoms with Gasteiger partial charge < -0.3 is 299 Å². The first-order valence-corrected chi connectivity index (χ1v) is 47.0. The van der Waals surface area contributed by atoms with E-state index in [1.165, 1.54) is 6.92 Å². The highest BCUT2D eigenvalue weighted by Gasteiger charge is 2.64. The van der Waals surface area contributed by atoms with Crippen molar-refractivity contribution in [3.05, 3.63) is 0 Å². The molecular formula is C82H137N5O60. The zero-order chi connectivity index (χ0) is 108. The van der Waals surface area contributed by atoms with Crippen LogP contribution in [-0.2, 0) is 133 Å². The standard InChI is InChI=1S/C82H137N5O60/c1-18-40(101)52(113)56(117)76(128-18)126-16-33-66(49(110)35(71(124)129-33)83-19(2)96)141-74-38(86-22(5)99)50(111)64(30(13-94)135-74)143-81-62(123)69(146-82-70(60(121)65(31(14-95)137-82)140-72-36(84-20(3)97)47(108)41(102)24(7-88)130-72)147-75-39(87-23(6)100)51(112)63(29(12-93)136-75)142-79-58(119)54(115)44(105)27(10-91)133-79)67(144-73-37(85-21(4)98)48(109)42(103)25(8-89)131-73)34(139-81)17-127-78-61(122)68(145-80-59(120)55(116)45(106)28(11-92)134-80)46(107)32(138-78)15-125-77-57(118)53(114)43(104)26(9-90)132-77/h18,24-82,88-95,101-124H,7-17H2,1-6H3,(H,83,96)(H,84,97)(H,85,98)(H,86,99)(H,87,100)/t18-,24+,25+,26+,27+,28+,29+,30+,31+,32+,33+,34+,35+,36+,37+,38+,39+,40+,41+,42+,43+,44-,45+,46+,47+,48+,49+,50+,51+,52+,53-,54-,55-,56-,57-,58+,59-,60-,61-,62-,63+,64+,65+,66+,67+,68-,69+,70-,71-,72-,73-,74-,75-,76+,77-,78-,79-,80+,81-,82+/m0/s1. The molecule has 37 N–H and O–H groups in total. The van der Waals surface area contributed by atoms with Crippen molar-refractivity contribution in [2.75, 3.05) is 72.7 Å². The number of carbonyl (C=O) groups excluding carboxylic acids is 5. The number of ether oxygens (including phenoxy) is 23. The van der Waals surface area contributed by atoms with Crippen LogP contribution in [0.2, 0.25) is 0 Å². The third kappa shape index (κ3) is 27.0. The van der Waals surface area contributed by atoms with Crippen molar-refractivity contribution in [2.24, 2.45) is 0 Å². The summed E-state index contributed by atoms with van der Waals surface area (Å²) in [6.45, 7) is -7.69. The molecule has 5 amide bonds. The van der Waals surface area contributed by atoms with E-state index in [1.54, 1.807) is 0 Å². The molecule has 850 valence electrons. The van der Waals surface area contributed by atoms with E-state index in [0.717, 1.165) is 34.6 Å². The maximum Gasteiger partial charge on any atom is 0.217 e. The molecule has 0 spiro atoms. The van der Waals surface area contributed by atoms with Crippen LogP contribution in [0.1, 0.15) is 41.5 Å². The maximum absolute atomic E-state index is 13.8. The highest BCUT2D eigenvalue weighted by Crippen LogP contribution is 2.43. The average Bonchev–Trinajstić information content (AvgIpc) is 0.750. The SMILES string of the molecule is CC(=O)N[C@@H]1[C@@H](O)[C@H](O[C@@H]2O[C@H](CO)[C@@H](O[C@@H]3O[C@H](CO[C@H]4O[C@H](CO[C@H]5O[C@H](CO)[C@@H](O)[C@H](O)[C@@H]5O)[C@@H](O)[C@H](O[C@H]5O[C@H](CO)[C@@H](O)[C@H](O)[C@@H]5O)[C@@H]4O)[C@@H](O[C@@H]4O[C@H](CO)[C@@H](O)[C@H](O)[C@H]4NC(C)=O)[C@H](O[C@H]4O[C@H](CO)[C@@H](O[C@@H]5O[C@H](CO)[C@@H](O)[C@H](O)[C@H]5NC(C)=O)[C@H](O)[C@@H]4O[C@@H]4O[C@H](CO)[C@@H](O[C@@H]5O[C@H](CO)[C@H](O)[C@H](O)[C@H]5O)[C@H](O)[C@H]4NC(C)=O)[C@@H]3O)[C@H](O)[C@H]2NC(C)=O)[C@@H](CO[C@@H]2O[C@@H](C)[C@@H](O)[C@@H](O)[C@@H]2O)O[C@@H]1O. The van der Waals surface area contributed by atoms with Gasteiger partial charge in [-0.05, 0) is 6.92 Å². The molecule has 0 radical (unpaired) electrons. The molecule has 147 heavy (non-hydrogen) atoms. The topological polar surface area (TPSA) is 1010 Å². The van der Waals surface area contributed by atoms with Gasteiger partial charge in [0.1, 0.15) is 287 Å². The Bertz CT molecular complexity index is 4110. The van der Waals surface area contributed by atoms with Gasteiger partial charge in [0.15, 0.2) is 75.5 Å². The van der Waals surface area contributed by atoms with Crippen molar-refractivity contribution in [1.82, 2.24) is 26.6 Å². The lowest BCUT2D eigenvalue weighted by molar-refractivity contribution is -0.413. The monoisotopic (exact) mass is 2150 g/mol. The number of nitrogens with one attached hydrogen (secondary N) is 5. The van der Waals surface area contributed by atoms with E-state index in [1.807, 2.05) is 0 Å². The van der Waals surface area contributed by atoms with E-state index >= 15 is 0 Å². The van der Waals surface area contributed by atoms with Crippen molar-refractivity contribution >= 4 is 29.5 Å². The fourth-order valence-corrected chi connectivity index (χ4v) is 19.1. The highest BCUT2D eigenvalue weighted by molar-refractivity contribution is 5.75. The number of aliphatic hydroxyl groups excluding tert-OH is 32. The Balaban J connectivity index is 1.01. The lowest BCUT2D eigenvalue weighted by atomic mass is 9.93. The van der Waals surface area contributed by atoms with Gasteiger partial charge in [-0.3, -0.25) is 24.0 Å². The summed E-state index contributed by atoms with van der Waals surface area (Å²) >= 11 is 0. The molecule has 0 aromatic rings. The van der Waals surface area contributed by atoms with Gasteiger partial charge in [-0.2, -0.15) is 0 Å². The first-order chi connectivity index (χ1) is 69.5. The van der Waals surface area contributed by atoms with Crippen LogP contribution in [0, 0.1) is 0 Å². The minimum atomic E-state index is -2.95. The van der Waals surface area contributed by atoms with Gasteiger partial charge >= 0.3 is 0 Å². The highest BCUT2D eigenvalue weighted by atomic mass is 16.8. The van der Waals surface area contributed by atoms with E-state index < -0.39 is 470 Å². The van der Waals surface area contributed by atoms with Crippen LogP contribution in [-0.4, -0.2) is 634 Å². The quantitative estimate of drug-likeness (QED) is 0.0273. The van der Waals surface area contributed by atoms with E-state index in [-0.39, 0.29) is 0 Å². The van der Waals surface area contributed by atoms with E-state index in [4.69, 9.17) is 109 Å². The minimum absolute atomic E-state index is 0.846. The molecule has 0 unspecified atom stereocenters. The molecule has 12 heterocycles. The smallest absolute Gasteiger partial charge is 0.217 e. The summed E-state index contributed by atoms with van der Waals surface area (Å²) in [5, 5.41) is 376. The lowest BCUT2D eigenvalue weighted by Gasteiger charge is -2.53. The molecular weight excluding hydrogens is 2010 g/mol. The number of rotatable bonds is 38. The molecule has 60 atom stereocenters. The Hall–Kier alpha value is -4.85. The van der Waals surface area contributed by atoms with Crippen molar-refractivity contribution in [2.45, 2.75) is 410 Å². The van der Waals surface area contributed by atoms with Crippen LogP contribution in [0.25, 0.3) is 0 Å². The fourth-order valence-electron chi connectivity index (χ4n) is 19.1. The Morgan fingerprint density at radius 2 is 0.429 bits per heavy atom. The number of aliphatic hydroxyl groups is 32. The zero-order valence-electron chi connectivity index (χ0n) is 79.2. The molecule has 0 aromatic carbocycles. The summed E-state index contributed by atoms with van der Waals surface area (Å²) in [6, 6.07) is -10.4. The molecule has 0 bridgehead atoms. The molecule has 0 saturated carbocycles. The summed E-state index contributed by atoms with van der Waals surface area (Å²) in [5.41, 5.74) is 0. The van der Waals surface area contributed by atoms with Crippen molar-refractivity contribution in [1.29, 1.82) is 0 Å². The Kier molecular flexibility index (Phi) is 43.4. The van der Waals surface area contributed by atoms with Crippen LogP contribution in [0.5, 0.6) is 0 Å². The third-order valence-electron chi connectivity index (χ3n) is 27.0. The average molecular weight is 2150 g/mol. The Labute approximate surface area is 832 Å². The normalized spacial score (nSPS) is 49.6. The molecule has 65 nitrogen and oxygen atoms in total. The number of carbonyl (C=O) groups is 5. The van der Waals surface area contributed by atoms with Crippen LogP contribution in [0.4, 0.5) is 0 Å². The Morgan fingerprint density at radius 1 is 0.190 bits per heavy atom. The van der Waals surface area contributed by atoms with Gasteiger partial charge in [-0.25, -0.2) is 0 Å². The molecule has 0 aromatic heterocycles. The van der Waals surface area contributed by atoms with Gasteiger partial charge in [0.25, 0.3) is 0 Å². The lowest BCUT2D eigenvalue weighted by Crippen LogP contribution is -2.72. The third-order valence-corrected chi connectivity index (χ3v) is 27.0. The predicted octanol–water partition coefficient (Wildman–Crippen LogP) is -25.4. The van der Waals surface area contributed by atoms with E-state index in [9.17, 15) is 187 Å². The number of amides is 5. The molecule has 12 aliphatic heterocycles. The summed E-state index contributed by atoms with van der Waals surface area (Å²) in [4.78, 5) is 66.3. The van der Waals surface area contributed by atoms with Crippen LogP contribution in [0.15, 0.2) is 0 Å². The Morgan fingerprint density at radius 3 is 0.823 bits per heavy atom. The predicted molar refractivity (Wildman–Crippen MR) is 452 cm³/mol. The van der Waals surface area contributed by atoms with E-state index in [2.05, 4.69) is 26.6 Å². The van der Waals surface area contributed by atoms with Crippen LogP contribution >= 0.6 is 0 Å². The summed E-state index contributed by atoms with van der Waals surface area (Å²) in [5.74, 6) is -5.16. The largest absolute Gasteiger partial charge is 0.394 e. The van der Waals surface area contributed by atoms with Crippen molar-refractivity contribution in [3.63, 3.8) is 0 Å². The minimum Gasteiger partial charge on any atom is -0.394 e. The zero-order valence-corrected chi connectivity index (χ0v) is 79.2. The molecule has 0 aliphatic carbocycles. The molecule has 12 fully saturated rings. The van der Waals surface area contributed by atoms with Gasteiger partial charge in [-0.15, -0.1) is 0 Å². The summed E-state index contributed by atoms with van der Waals surface area (Å²) in [7, 11) is 0. The summed E-state index contributed by atoms with van der Waals surface area (Å²) in [6.07, 6.45) is -123. The van der Waals surface area contributed by atoms with Crippen molar-refractivity contribution in [3.8, 4) is 0 Å². The second kappa shape index (κ2) is 52.8. The molecule has 65 heteroatoms. The first kappa shape index (κ1) is 121. The second-order valence-electron chi connectivity index (χ2n) is 37.4. The van der Waals surface area contributed by atoms with Gasteiger partial charge in [-0.1, -0.05) is 0 Å².